The van der Waals surface area contributed by atoms with Crippen LogP contribution in [0.15, 0.2) is 72.8 Å². The zero-order valence-electron chi connectivity index (χ0n) is 42.9. The number of benzene rings is 4. The van der Waals surface area contributed by atoms with Gasteiger partial charge in [-0.1, -0.05) is 71.5 Å². The zero-order valence-corrected chi connectivity index (χ0v) is 48.1. The second kappa shape index (κ2) is 55.1. The molecule has 0 saturated carbocycles. The smallest absolute Gasteiger partial charge is 0.870 e. The van der Waals surface area contributed by atoms with Crippen LogP contribution < -0.4 is 68.9 Å². The number of para-hydroxylation sites is 4. The minimum atomic E-state index is -0.339. The van der Waals surface area contributed by atoms with Crippen molar-refractivity contribution in [1.29, 1.82) is 0 Å². The average molecular weight is 1150 g/mol. The normalized spacial score (nSPS) is 8.54. The fraction of sp³-hybridized carbons (Fsp3) is 0.422. The van der Waals surface area contributed by atoms with Gasteiger partial charge in [0.1, 0.15) is 29.3 Å². The van der Waals surface area contributed by atoms with Gasteiger partial charge in [-0.25, -0.2) is 0 Å². The molecule has 0 unspecified atom stereocenters. The van der Waals surface area contributed by atoms with Gasteiger partial charge in [0.05, 0.1) is 26.4 Å². The molecule has 0 radical (unpaired) electrons. The molecule has 0 bridgehead atoms. The summed E-state index contributed by atoms with van der Waals surface area (Å²) in [5.41, 5.74) is 43.0. The van der Waals surface area contributed by atoms with E-state index < -0.39 is 0 Å². The molecule has 0 aromatic heterocycles. The van der Waals surface area contributed by atoms with E-state index in [1.807, 2.05) is 114 Å². The number of ether oxygens (including phenoxy) is 4. The van der Waals surface area contributed by atoms with E-state index in [0.29, 0.717) is 69.6 Å². The van der Waals surface area contributed by atoms with Crippen LogP contribution in [0.2, 0.25) is 0 Å². The third-order valence-electron chi connectivity index (χ3n) is 7.19. The quantitative estimate of drug-likeness (QED) is 0.0505. The first-order chi connectivity index (χ1) is 32.2. The summed E-state index contributed by atoms with van der Waals surface area (Å²) in [6, 6.07) is 20.9. The van der Waals surface area contributed by atoms with E-state index in [1.165, 1.54) is 25.7 Å². The van der Waals surface area contributed by atoms with Crippen molar-refractivity contribution >= 4 is 12.7 Å². The van der Waals surface area contributed by atoms with Crippen molar-refractivity contribution in [2.75, 3.05) is 82.8 Å². The molecule has 0 fully saturated rings. The van der Waals surface area contributed by atoms with Gasteiger partial charge in [-0.05, 0) is 111 Å². The number of nitrogens with zero attached hydrogens (tertiary/aromatic N) is 13. The van der Waals surface area contributed by atoms with Crippen LogP contribution >= 0.6 is 0 Å². The van der Waals surface area contributed by atoms with Gasteiger partial charge >= 0.3 is 79.9 Å². The van der Waals surface area contributed by atoms with Gasteiger partial charge in [0, 0.05) is 39.3 Å². The molecule has 0 aliphatic heterocycles. The summed E-state index contributed by atoms with van der Waals surface area (Å²) < 4.78 is 20.7. The molecule has 0 N–H and O–H groups in total. The van der Waals surface area contributed by atoms with Gasteiger partial charge in [-0.3, -0.25) is 24.3 Å². The molecule has 1 amide bonds. The van der Waals surface area contributed by atoms with Gasteiger partial charge in [0.25, 0.3) is 0 Å². The van der Waals surface area contributed by atoms with Gasteiger partial charge in [-0.2, -0.15) is 0 Å². The summed E-state index contributed by atoms with van der Waals surface area (Å²) in [6.07, 6.45) is 1.28. The van der Waals surface area contributed by atoms with Crippen LogP contribution in [0.3, 0.4) is 0 Å². The predicted octanol–water partition coefficient (Wildman–Crippen LogP) is 3.93. The molecule has 27 heteroatoms. The predicted molar refractivity (Wildman–Crippen MR) is 256 cm³/mol. The Morgan fingerprint density at radius 3 is 0.833 bits per heavy atom. The molecule has 0 heterocycles. The number of carbonyl (C=O) groups excluding carboxylic acids is 2. The van der Waals surface area contributed by atoms with Crippen LogP contribution in [0.25, 0.3) is 47.9 Å². The van der Waals surface area contributed by atoms with Crippen LogP contribution in [0, 0.1) is 0 Å². The van der Waals surface area contributed by atoms with Gasteiger partial charge in [0.2, 0.25) is 6.41 Å². The van der Waals surface area contributed by atoms with Crippen LogP contribution in [-0.4, -0.2) is 115 Å². The van der Waals surface area contributed by atoms with E-state index in [4.69, 9.17) is 52.1 Å². The number of aldehydes is 1. The Morgan fingerprint density at radius 1 is 0.444 bits per heavy atom. The van der Waals surface area contributed by atoms with E-state index in [-0.39, 0.29) is 114 Å². The van der Waals surface area contributed by atoms with E-state index in [2.05, 4.69) is 0 Å². The summed E-state index contributed by atoms with van der Waals surface area (Å²) in [5.74, 6) is 1.26. The van der Waals surface area contributed by atoms with E-state index in [1.54, 1.807) is 51.4 Å². The topological polar surface area (TPSA) is 352 Å². The van der Waals surface area contributed by atoms with Gasteiger partial charge in [0.15, 0.2) is 0 Å². The van der Waals surface area contributed by atoms with E-state index in [9.17, 15) is 30.0 Å². The minimum absolute atomic E-state index is 0. The molecule has 0 aliphatic rings. The molecule has 0 aliphatic carbocycles. The summed E-state index contributed by atoms with van der Waals surface area (Å²) in [7, 11) is 15.0. The van der Waals surface area contributed by atoms with Crippen LogP contribution in [-0.2, 0) is 74.8 Å². The van der Waals surface area contributed by atoms with Crippen molar-refractivity contribution < 1.29 is 129 Å². The Kier molecular flexibility index (Phi) is 63.9. The van der Waals surface area contributed by atoms with Crippen molar-refractivity contribution in [1.82, 2.24) is 19.6 Å². The van der Waals surface area contributed by atoms with E-state index in [0.717, 1.165) is 23.1 Å². The monoisotopic (exact) mass is 1150 g/mol. The standard InChI is InChI=1S/3C11H17NO2.C9H10O3.C3H7NO.3Co.3N3.Na/c3*1-4-14-10-7-5-6-9(11(10)13)8-12(2)3;1-2-12-8-5-3-4-7(6-10)9(8)11;1-4(2)3-5;;;;3*1-3-2;/h3*5-7,13H,4,8H2,1-3H3;3-6,11H,2H2,1H3;3H,1-2H3;;;;;;;/q;;;;;3*+3;3*-1;+1/p-4. The minimum Gasteiger partial charge on any atom is -0.870 e. The van der Waals surface area contributed by atoms with Crippen molar-refractivity contribution in [3.05, 3.63) is 143 Å². The third kappa shape index (κ3) is 42.4. The van der Waals surface area contributed by atoms with Crippen molar-refractivity contribution in [3.63, 3.8) is 0 Å². The average Bonchev–Trinajstić information content (AvgIpc) is 3.27. The summed E-state index contributed by atoms with van der Waals surface area (Å²) in [5, 5.41) is 46.5. The van der Waals surface area contributed by atoms with Gasteiger partial charge in [-0.15, -0.1) is 0 Å². The first-order valence-electron chi connectivity index (χ1n) is 20.4. The molecule has 0 saturated heterocycles. The fourth-order valence-corrected chi connectivity index (χ4v) is 4.78. The van der Waals surface area contributed by atoms with Crippen molar-refractivity contribution in [3.8, 4) is 46.0 Å². The maximum atomic E-state index is 11.7. The number of carbonyl (C=O) groups is 2. The molecular formula is C45H64Co3N13NaO10+3. The van der Waals surface area contributed by atoms with Crippen molar-refractivity contribution in [2.45, 2.75) is 47.3 Å². The van der Waals surface area contributed by atoms with Crippen LogP contribution in [0.1, 0.15) is 54.7 Å². The molecule has 23 nitrogen and oxygen atoms in total. The van der Waals surface area contributed by atoms with Gasteiger partial charge < -0.3 is 92.2 Å². The molecular weight excluding hydrogens is 1080 g/mol. The Labute approximate surface area is 476 Å². The molecule has 0 atom stereocenters. The Morgan fingerprint density at radius 2 is 0.653 bits per heavy atom. The molecule has 4 aromatic rings. The molecule has 4 aromatic carbocycles. The zero-order chi connectivity index (χ0) is 53.0. The Balaban J connectivity index is -0.000000114. The Bertz CT molecular complexity index is 1920. The number of hydrogen-bond donors (Lipinski definition) is 0. The first kappa shape index (κ1) is 83.6. The number of amides is 1. The summed E-state index contributed by atoms with van der Waals surface area (Å²) in [4.78, 5) is 31.6. The summed E-state index contributed by atoms with van der Waals surface area (Å²) in [6.45, 7) is 11.4. The molecule has 394 valence electrons. The van der Waals surface area contributed by atoms with Crippen molar-refractivity contribution in [2.24, 2.45) is 0 Å². The fourth-order valence-electron chi connectivity index (χ4n) is 4.78. The molecule has 0 spiro atoms. The molecule has 72 heavy (non-hydrogen) atoms. The summed E-state index contributed by atoms with van der Waals surface area (Å²) >= 11 is 0. The third-order valence-corrected chi connectivity index (χ3v) is 7.19. The molecule has 4 rings (SSSR count). The number of rotatable bonds is 16. The van der Waals surface area contributed by atoms with Crippen LogP contribution in [0.4, 0.5) is 0 Å². The largest absolute Gasteiger partial charge is 3.00 e. The van der Waals surface area contributed by atoms with Crippen LogP contribution in [0.5, 0.6) is 46.0 Å². The van der Waals surface area contributed by atoms with E-state index >= 15 is 0 Å². The maximum absolute atomic E-state index is 11.7. The second-order valence-electron chi connectivity index (χ2n) is 13.8. The second-order valence-corrected chi connectivity index (χ2v) is 13.8. The first-order valence-corrected chi connectivity index (χ1v) is 20.4. The number of hydrogen-bond acceptors (Lipinski definition) is 13. The Hall–Kier alpha value is -5.25. The SMILES string of the molecule is CCOc1cccc(C=O)c1[O-].CCOc1cccc(CN(C)C)c1[O-].CCOc1cccc(CN(C)C)c1[O-].CCOc1cccc(CN(C)C)c1[O-].CN(C)C=O.[Co+3].[Co+3].[Co+3].[N-]=[N+]=[N-].[N-]=[N+]=[N-].[N-]=[N+]=[N-].[Na+]. The maximum Gasteiger partial charge on any atom is 3.00 e.